The molecule has 0 saturated heterocycles. The summed E-state index contributed by atoms with van der Waals surface area (Å²) in [6, 6.07) is 9.83. The molecular formula is C31H49IN2O3. The number of carbonyl (C=O) groups excluding carboxylic acids is 1. The van der Waals surface area contributed by atoms with Gasteiger partial charge in [-0.3, -0.25) is 4.79 Å². The Kier molecular flexibility index (Phi) is 18.1. The van der Waals surface area contributed by atoms with E-state index in [0.29, 0.717) is 18.9 Å². The quantitative estimate of drug-likeness (QED) is 0.130. The third kappa shape index (κ3) is 13.0. The van der Waals surface area contributed by atoms with E-state index in [4.69, 9.17) is 9.47 Å². The highest BCUT2D eigenvalue weighted by Crippen LogP contribution is 2.32. The average Bonchev–Trinajstić information content (AvgIpc) is 2.90. The molecule has 2 aromatic rings. The number of pyridine rings is 1. The lowest BCUT2D eigenvalue weighted by Crippen LogP contribution is -3.00. The number of benzene rings is 1. The molecule has 0 radical (unpaired) electrons. The standard InChI is InChI=1S/C31H49N2O3.HI/c1-5-7-8-9-10-11-12-13-14-15-16-17-23-36-30-21-20-29(24-31(30)35-4)33(27(3)34)26-28-19-18-22-32(6-2)25-28;/h18-22,24-25H,5-17,23,26H2,1-4H3;1H/q+1;/p-1. The van der Waals surface area contributed by atoms with Crippen molar-refractivity contribution in [3.8, 4) is 11.5 Å². The van der Waals surface area contributed by atoms with Crippen LogP contribution in [0.25, 0.3) is 0 Å². The zero-order valence-corrected chi connectivity index (χ0v) is 25.8. The van der Waals surface area contributed by atoms with Crippen LogP contribution in [0.3, 0.4) is 0 Å². The molecule has 0 atom stereocenters. The molecule has 6 heteroatoms. The fourth-order valence-corrected chi connectivity index (χ4v) is 4.50. The fraction of sp³-hybridized carbons (Fsp3) is 0.613. The number of methoxy groups -OCH3 is 1. The normalized spacial score (nSPS) is 10.6. The van der Waals surface area contributed by atoms with Crippen LogP contribution in [0.15, 0.2) is 42.7 Å². The van der Waals surface area contributed by atoms with Crippen molar-refractivity contribution in [3.63, 3.8) is 0 Å². The molecule has 0 aliphatic heterocycles. The average molecular weight is 625 g/mol. The summed E-state index contributed by atoms with van der Waals surface area (Å²) in [5.41, 5.74) is 1.89. The third-order valence-corrected chi connectivity index (χ3v) is 6.72. The van der Waals surface area contributed by atoms with E-state index in [-0.39, 0.29) is 29.9 Å². The molecular weight excluding hydrogens is 575 g/mol. The van der Waals surface area contributed by atoms with E-state index in [1.54, 1.807) is 18.9 Å². The highest BCUT2D eigenvalue weighted by molar-refractivity contribution is 5.91. The third-order valence-electron chi connectivity index (χ3n) is 6.72. The first kappa shape index (κ1) is 33.2. The number of aryl methyl sites for hydroxylation is 1. The molecule has 0 N–H and O–H groups in total. The molecule has 0 aliphatic carbocycles. The van der Waals surface area contributed by atoms with Crippen molar-refractivity contribution < 1.29 is 42.8 Å². The molecule has 1 aromatic heterocycles. The number of hydrogen-bond donors (Lipinski definition) is 0. The largest absolute Gasteiger partial charge is 1.00 e. The summed E-state index contributed by atoms with van der Waals surface area (Å²) in [4.78, 5) is 14.2. The highest BCUT2D eigenvalue weighted by atomic mass is 127. The Labute approximate surface area is 243 Å². The monoisotopic (exact) mass is 624 g/mol. The van der Waals surface area contributed by atoms with Crippen molar-refractivity contribution in [1.29, 1.82) is 0 Å². The van der Waals surface area contributed by atoms with E-state index in [1.165, 1.54) is 70.6 Å². The van der Waals surface area contributed by atoms with Crippen LogP contribution in [0, 0.1) is 0 Å². The first-order valence-electron chi connectivity index (χ1n) is 14.2. The number of hydrogen-bond acceptors (Lipinski definition) is 3. The number of ether oxygens (including phenoxy) is 2. The Hall–Kier alpha value is -1.83. The predicted octanol–water partition coefficient (Wildman–Crippen LogP) is 4.64. The maximum absolute atomic E-state index is 12.4. The molecule has 37 heavy (non-hydrogen) atoms. The van der Waals surface area contributed by atoms with Crippen LogP contribution < -0.4 is 42.9 Å². The maximum Gasteiger partial charge on any atom is 0.224 e. The molecule has 1 heterocycles. The van der Waals surface area contributed by atoms with Gasteiger partial charge in [-0.15, -0.1) is 0 Å². The minimum atomic E-state index is -0.00545. The lowest BCUT2D eigenvalue weighted by molar-refractivity contribution is -0.694. The van der Waals surface area contributed by atoms with E-state index in [9.17, 15) is 4.79 Å². The van der Waals surface area contributed by atoms with Crippen LogP contribution >= 0.6 is 0 Å². The van der Waals surface area contributed by atoms with Crippen molar-refractivity contribution in [2.45, 2.75) is 111 Å². The van der Waals surface area contributed by atoms with Gasteiger partial charge in [-0.2, -0.15) is 0 Å². The number of anilines is 1. The molecule has 0 fully saturated rings. The van der Waals surface area contributed by atoms with Gasteiger partial charge in [0.2, 0.25) is 5.91 Å². The summed E-state index contributed by atoms with van der Waals surface area (Å²) in [5, 5.41) is 0. The summed E-state index contributed by atoms with van der Waals surface area (Å²) in [7, 11) is 1.65. The van der Waals surface area contributed by atoms with Gasteiger partial charge in [0.25, 0.3) is 0 Å². The molecule has 208 valence electrons. The van der Waals surface area contributed by atoms with E-state index in [0.717, 1.165) is 30.0 Å². The molecule has 0 aliphatic rings. The minimum absolute atomic E-state index is 0. The number of aromatic nitrogens is 1. The first-order chi connectivity index (χ1) is 17.6. The van der Waals surface area contributed by atoms with Crippen LogP contribution in [0.5, 0.6) is 11.5 Å². The van der Waals surface area contributed by atoms with E-state index >= 15 is 0 Å². The molecule has 1 aromatic carbocycles. The van der Waals surface area contributed by atoms with Crippen LogP contribution in [0.4, 0.5) is 5.69 Å². The SMILES string of the molecule is CCCCCCCCCCCCCCOc1ccc(N(Cc2ccc[n+](CC)c2)C(C)=O)cc1OC.[I-]. The fourth-order valence-electron chi connectivity index (χ4n) is 4.50. The maximum atomic E-state index is 12.4. The Bertz CT molecular complexity index is 891. The first-order valence-corrected chi connectivity index (χ1v) is 14.2. The van der Waals surface area contributed by atoms with Crippen molar-refractivity contribution in [1.82, 2.24) is 0 Å². The van der Waals surface area contributed by atoms with E-state index < -0.39 is 0 Å². The van der Waals surface area contributed by atoms with Gasteiger partial charge in [-0.05, 0) is 31.5 Å². The van der Waals surface area contributed by atoms with Crippen molar-refractivity contribution in [2.24, 2.45) is 0 Å². The van der Waals surface area contributed by atoms with Gasteiger partial charge < -0.3 is 38.4 Å². The number of unbranched alkanes of at least 4 members (excludes halogenated alkanes) is 11. The number of halogens is 1. The van der Waals surface area contributed by atoms with Crippen molar-refractivity contribution in [3.05, 3.63) is 48.3 Å². The van der Waals surface area contributed by atoms with Gasteiger partial charge in [0, 0.05) is 30.3 Å². The lowest BCUT2D eigenvalue weighted by atomic mass is 10.1. The van der Waals surface area contributed by atoms with Gasteiger partial charge in [0.05, 0.1) is 20.3 Å². The van der Waals surface area contributed by atoms with Gasteiger partial charge in [0.1, 0.15) is 6.54 Å². The summed E-state index contributed by atoms with van der Waals surface area (Å²) >= 11 is 0. The highest BCUT2D eigenvalue weighted by Gasteiger charge is 2.16. The second-order valence-corrected chi connectivity index (χ2v) is 9.72. The second kappa shape index (κ2) is 20.2. The van der Waals surface area contributed by atoms with Crippen LogP contribution in [-0.4, -0.2) is 19.6 Å². The summed E-state index contributed by atoms with van der Waals surface area (Å²) in [5.74, 6) is 1.39. The van der Waals surface area contributed by atoms with E-state index in [1.807, 2.05) is 36.5 Å². The van der Waals surface area contributed by atoms with Gasteiger partial charge in [0.15, 0.2) is 23.9 Å². The Morgan fingerprint density at radius 1 is 0.865 bits per heavy atom. The number of nitrogens with zero attached hydrogens (tertiary/aromatic N) is 2. The van der Waals surface area contributed by atoms with Crippen molar-refractivity contribution in [2.75, 3.05) is 18.6 Å². The van der Waals surface area contributed by atoms with Crippen LogP contribution in [0.1, 0.15) is 103 Å². The summed E-state index contributed by atoms with van der Waals surface area (Å²) in [6.45, 7) is 8.07. The zero-order valence-electron chi connectivity index (χ0n) is 23.6. The van der Waals surface area contributed by atoms with Crippen molar-refractivity contribution >= 4 is 11.6 Å². The topological polar surface area (TPSA) is 42.7 Å². The van der Waals surface area contributed by atoms with Gasteiger partial charge >= 0.3 is 0 Å². The molecule has 0 spiro atoms. The summed E-state index contributed by atoms with van der Waals surface area (Å²) < 4.78 is 13.7. The number of amides is 1. The zero-order chi connectivity index (χ0) is 26.0. The Morgan fingerprint density at radius 2 is 1.49 bits per heavy atom. The van der Waals surface area contributed by atoms with E-state index in [2.05, 4.69) is 24.6 Å². The smallest absolute Gasteiger partial charge is 0.224 e. The molecule has 0 bridgehead atoms. The molecule has 2 rings (SSSR count). The second-order valence-electron chi connectivity index (χ2n) is 9.72. The molecule has 5 nitrogen and oxygen atoms in total. The number of carbonyl (C=O) groups is 1. The molecule has 0 saturated carbocycles. The molecule has 0 unspecified atom stereocenters. The van der Waals surface area contributed by atoms with Gasteiger partial charge in [-0.1, -0.05) is 77.6 Å². The number of rotatable bonds is 19. The minimum Gasteiger partial charge on any atom is -1.00 e. The summed E-state index contributed by atoms with van der Waals surface area (Å²) in [6.07, 6.45) is 20.1. The van der Waals surface area contributed by atoms with Crippen LogP contribution in [-0.2, 0) is 17.9 Å². The van der Waals surface area contributed by atoms with Crippen LogP contribution in [0.2, 0.25) is 0 Å². The van der Waals surface area contributed by atoms with Gasteiger partial charge in [-0.25, -0.2) is 4.57 Å². The molecule has 1 amide bonds. The Balaban J connectivity index is 0.00000684. The predicted molar refractivity (Wildman–Crippen MR) is 149 cm³/mol. The Morgan fingerprint density at radius 3 is 2.05 bits per heavy atom. The lowest BCUT2D eigenvalue weighted by Gasteiger charge is -2.22.